The molecule has 48 heavy (non-hydrogen) atoms. The number of amides is 4. The lowest BCUT2D eigenvalue weighted by molar-refractivity contribution is -0.154. The Hall–Kier alpha value is -3.93. The second kappa shape index (κ2) is 17.5. The first kappa shape index (κ1) is 38.5. The number of aromatic nitrogens is 1. The highest BCUT2D eigenvalue weighted by Gasteiger charge is 2.43. The van der Waals surface area contributed by atoms with E-state index < -0.39 is 29.9 Å². The first-order valence-corrected chi connectivity index (χ1v) is 17.6. The fourth-order valence-electron chi connectivity index (χ4n) is 6.24. The molecule has 1 unspecified atom stereocenters. The fraction of sp³-hybridized carbons (Fsp3) is 0.583. The van der Waals surface area contributed by atoms with E-state index in [4.69, 9.17) is 4.74 Å². The number of hydrogen-bond donors (Lipinski definition) is 1. The van der Waals surface area contributed by atoms with Crippen molar-refractivity contribution in [1.29, 1.82) is 0 Å². The number of phenols is 1. The maximum Gasteiger partial charge on any atom is 0.250 e. The molecule has 2 heterocycles. The number of allylic oxidation sites excluding steroid dienone is 1. The molecule has 264 valence electrons. The molecule has 1 aliphatic rings. The maximum atomic E-state index is 14.5. The van der Waals surface area contributed by atoms with Crippen LogP contribution in [0.4, 0.5) is 0 Å². The molecule has 1 aromatic heterocycles. The van der Waals surface area contributed by atoms with Crippen molar-refractivity contribution >= 4 is 35.0 Å². The average molecular weight is 684 g/mol. The number of thiazole rings is 1. The minimum Gasteiger partial charge on any atom is -0.508 e. The van der Waals surface area contributed by atoms with Gasteiger partial charge in [0.25, 0.3) is 0 Å². The summed E-state index contributed by atoms with van der Waals surface area (Å²) in [6, 6.07) is 3.79. The molecule has 1 N–H and O–H groups in total. The van der Waals surface area contributed by atoms with E-state index in [0.29, 0.717) is 25.1 Å². The molecule has 1 aliphatic heterocycles. The number of aromatic hydroxyl groups is 1. The lowest BCUT2D eigenvalue weighted by Crippen LogP contribution is -2.59. The first-order chi connectivity index (χ1) is 22.7. The van der Waals surface area contributed by atoms with Gasteiger partial charge in [0.05, 0.1) is 18.9 Å². The van der Waals surface area contributed by atoms with Gasteiger partial charge < -0.3 is 29.4 Å². The normalized spacial score (nSPS) is 17.4. The van der Waals surface area contributed by atoms with E-state index in [-0.39, 0.29) is 41.9 Å². The Kier molecular flexibility index (Phi) is 14.0. The van der Waals surface area contributed by atoms with Crippen molar-refractivity contribution in [2.24, 2.45) is 11.8 Å². The quantitative estimate of drug-likeness (QED) is 0.210. The van der Waals surface area contributed by atoms with Gasteiger partial charge in [-0.1, -0.05) is 46.2 Å². The third kappa shape index (κ3) is 9.36. The van der Waals surface area contributed by atoms with E-state index in [9.17, 15) is 24.3 Å². The molecule has 2 aromatic rings. The van der Waals surface area contributed by atoms with Crippen LogP contribution >= 0.6 is 11.3 Å². The van der Waals surface area contributed by atoms with Gasteiger partial charge in [-0.05, 0) is 55.7 Å². The molecule has 4 amide bonds. The molecule has 0 saturated carbocycles. The van der Waals surface area contributed by atoms with E-state index in [1.807, 2.05) is 38.0 Å². The summed E-state index contributed by atoms with van der Waals surface area (Å²) in [7, 11) is 6.28. The Morgan fingerprint density at radius 3 is 2.25 bits per heavy atom. The summed E-state index contributed by atoms with van der Waals surface area (Å²) in [5.74, 6) is -0.870. The van der Waals surface area contributed by atoms with Gasteiger partial charge in [-0.25, -0.2) is 4.98 Å². The van der Waals surface area contributed by atoms with E-state index in [1.54, 1.807) is 51.3 Å². The highest BCUT2D eigenvalue weighted by Crippen LogP contribution is 2.35. The van der Waals surface area contributed by atoms with Gasteiger partial charge in [-0.3, -0.25) is 19.2 Å². The van der Waals surface area contributed by atoms with Gasteiger partial charge in [0, 0.05) is 51.8 Å². The second-order valence-electron chi connectivity index (χ2n) is 13.2. The topological polar surface area (TPSA) is 124 Å². The standard InChI is InChI=1S/C36H53N5O6S/c1-10-24(4)32(36(46)41-18-11-12-28(41)33-37-17-19-48-33)40(8)35(45)29(20-23(2)3)39(7)34(44)30(22-26-13-15-27(42)16-14-26)38(6)31(43)21-25(5)47-9/h13-17,19,21,23-24,28-30,32,42H,10-12,18,20,22H2,1-9H3/b25-21+/t24-,28?,29-,30-,32-/m0/s1. The van der Waals surface area contributed by atoms with Crippen molar-refractivity contribution in [3.8, 4) is 5.75 Å². The van der Waals surface area contributed by atoms with Crippen LogP contribution < -0.4 is 0 Å². The minimum atomic E-state index is -0.962. The van der Waals surface area contributed by atoms with Crippen LogP contribution in [0.25, 0.3) is 0 Å². The number of likely N-dealkylation sites (tertiary alicyclic amines) is 1. The van der Waals surface area contributed by atoms with Gasteiger partial charge in [0.2, 0.25) is 23.6 Å². The highest BCUT2D eigenvalue weighted by molar-refractivity contribution is 7.09. The van der Waals surface area contributed by atoms with Gasteiger partial charge in [-0.15, -0.1) is 11.3 Å². The van der Waals surface area contributed by atoms with Crippen molar-refractivity contribution in [3.63, 3.8) is 0 Å². The lowest BCUT2D eigenvalue weighted by Gasteiger charge is -2.40. The maximum absolute atomic E-state index is 14.5. The number of nitrogens with zero attached hydrogens (tertiary/aromatic N) is 5. The Labute approximate surface area is 289 Å². The number of likely N-dealkylation sites (N-methyl/N-ethyl adjacent to an activating group) is 3. The molecule has 1 saturated heterocycles. The predicted molar refractivity (Wildman–Crippen MR) is 187 cm³/mol. The molecular weight excluding hydrogens is 630 g/mol. The monoisotopic (exact) mass is 683 g/mol. The smallest absolute Gasteiger partial charge is 0.250 e. The van der Waals surface area contributed by atoms with E-state index in [1.165, 1.54) is 46.5 Å². The van der Waals surface area contributed by atoms with Crippen LogP contribution in [0.2, 0.25) is 0 Å². The number of ether oxygens (including phenoxy) is 1. The summed E-state index contributed by atoms with van der Waals surface area (Å²) in [5, 5.41) is 12.6. The average Bonchev–Trinajstić information content (AvgIpc) is 3.78. The number of rotatable bonds is 15. The van der Waals surface area contributed by atoms with Gasteiger partial charge >= 0.3 is 0 Å². The summed E-state index contributed by atoms with van der Waals surface area (Å²) in [4.78, 5) is 67.2. The molecule has 12 heteroatoms. The number of carbonyl (C=O) groups is 4. The van der Waals surface area contributed by atoms with Crippen molar-refractivity contribution in [1.82, 2.24) is 24.6 Å². The minimum absolute atomic E-state index is 0.0513. The summed E-state index contributed by atoms with van der Waals surface area (Å²) in [5.41, 5.74) is 0.735. The van der Waals surface area contributed by atoms with Gasteiger partial charge in [0.1, 0.15) is 28.9 Å². The zero-order valence-electron chi connectivity index (χ0n) is 29.9. The number of carbonyl (C=O) groups excluding carboxylic acids is 4. The zero-order chi connectivity index (χ0) is 35.7. The predicted octanol–water partition coefficient (Wildman–Crippen LogP) is 4.88. The summed E-state index contributed by atoms with van der Waals surface area (Å²) in [6.45, 7) is 10.2. The molecular formula is C36H53N5O6S. The molecule has 11 nitrogen and oxygen atoms in total. The van der Waals surface area contributed by atoms with Gasteiger partial charge in [-0.2, -0.15) is 0 Å². The van der Waals surface area contributed by atoms with E-state index in [2.05, 4.69) is 4.98 Å². The number of phenolic OH excluding ortho intramolecular Hbond substituents is 1. The van der Waals surface area contributed by atoms with Crippen LogP contribution in [-0.4, -0.2) is 106 Å². The molecule has 1 aromatic carbocycles. The molecule has 5 atom stereocenters. The molecule has 1 fully saturated rings. The lowest BCUT2D eigenvalue weighted by atomic mass is 9.93. The van der Waals surface area contributed by atoms with Crippen molar-refractivity contribution in [2.75, 3.05) is 34.8 Å². The molecule has 3 rings (SSSR count). The van der Waals surface area contributed by atoms with Crippen LogP contribution in [0, 0.1) is 11.8 Å². The summed E-state index contributed by atoms with van der Waals surface area (Å²) >= 11 is 1.53. The van der Waals surface area contributed by atoms with E-state index >= 15 is 0 Å². The summed E-state index contributed by atoms with van der Waals surface area (Å²) < 4.78 is 5.17. The van der Waals surface area contributed by atoms with Crippen LogP contribution in [0.5, 0.6) is 5.75 Å². The number of hydrogen-bond acceptors (Lipinski definition) is 8. The Balaban J connectivity index is 1.96. The van der Waals surface area contributed by atoms with Crippen LogP contribution in [0.1, 0.15) is 76.9 Å². The Bertz CT molecular complexity index is 1410. The Morgan fingerprint density at radius 2 is 1.69 bits per heavy atom. The third-order valence-corrected chi connectivity index (χ3v) is 10.3. The molecule has 0 bridgehead atoms. The SMILES string of the molecule is CC[C@H](C)[C@@H](C(=O)N1CCCC1c1nccs1)N(C)C(=O)[C@H](CC(C)C)N(C)C(=O)[C@H](Cc1ccc(O)cc1)N(C)C(=O)/C=C(\C)OC. The highest BCUT2D eigenvalue weighted by atomic mass is 32.1. The first-order valence-electron chi connectivity index (χ1n) is 16.7. The number of benzene rings is 1. The van der Waals surface area contributed by atoms with Crippen LogP contribution in [0.15, 0.2) is 47.7 Å². The molecule has 0 radical (unpaired) electrons. The van der Waals surface area contributed by atoms with Crippen LogP contribution in [-0.2, 0) is 30.3 Å². The second-order valence-corrected chi connectivity index (χ2v) is 14.2. The Morgan fingerprint density at radius 1 is 1.04 bits per heavy atom. The van der Waals surface area contributed by atoms with E-state index in [0.717, 1.165) is 23.4 Å². The van der Waals surface area contributed by atoms with Gasteiger partial charge in [0.15, 0.2) is 0 Å². The zero-order valence-corrected chi connectivity index (χ0v) is 30.7. The third-order valence-electron chi connectivity index (χ3n) is 9.38. The largest absolute Gasteiger partial charge is 0.508 e. The molecule has 0 spiro atoms. The molecule has 0 aliphatic carbocycles. The van der Waals surface area contributed by atoms with Crippen molar-refractivity contribution in [2.45, 2.75) is 90.9 Å². The van der Waals surface area contributed by atoms with Crippen molar-refractivity contribution in [3.05, 3.63) is 58.2 Å². The fourth-order valence-corrected chi connectivity index (χ4v) is 7.02. The van der Waals surface area contributed by atoms with Crippen LogP contribution in [0.3, 0.4) is 0 Å². The van der Waals surface area contributed by atoms with Crippen molar-refractivity contribution < 1.29 is 29.0 Å². The number of methoxy groups -OCH3 is 1. The summed E-state index contributed by atoms with van der Waals surface area (Å²) in [6.07, 6.45) is 5.97.